The molecule has 1 rings (SSSR count). The summed E-state index contributed by atoms with van der Waals surface area (Å²) >= 11 is 0. The first-order valence-corrected chi connectivity index (χ1v) is 3.77. The second-order valence-electron chi connectivity index (χ2n) is 3.43. The first kappa shape index (κ1) is 10.1. The average Bonchev–Trinajstić information content (AvgIpc) is 1.92. The van der Waals surface area contributed by atoms with E-state index in [1.54, 1.807) is 0 Å². The molecule has 0 saturated carbocycles. The molecule has 0 amide bonds. The van der Waals surface area contributed by atoms with Crippen LogP contribution in [0.15, 0.2) is 23.4 Å². The lowest BCUT2D eigenvalue weighted by atomic mass is 9.89. The van der Waals surface area contributed by atoms with Gasteiger partial charge in [-0.1, -0.05) is 12.2 Å². The highest BCUT2D eigenvalue weighted by Gasteiger charge is 2.38. The van der Waals surface area contributed by atoms with Crippen molar-refractivity contribution >= 4 is 0 Å². The monoisotopic (exact) mass is 192 g/mol. The van der Waals surface area contributed by atoms with Crippen LogP contribution < -0.4 is 11.5 Å². The topological polar surface area (TPSA) is 52.0 Å². The van der Waals surface area contributed by atoms with Crippen molar-refractivity contribution in [3.05, 3.63) is 23.4 Å². The Morgan fingerprint density at radius 2 is 2.00 bits per heavy atom. The van der Waals surface area contributed by atoms with Crippen molar-refractivity contribution in [3.63, 3.8) is 0 Å². The lowest BCUT2D eigenvalue weighted by molar-refractivity contribution is -0.0903. The maximum absolute atomic E-state index is 12.3. The van der Waals surface area contributed by atoms with Crippen molar-refractivity contribution < 1.29 is 13.2 Å². The Morgan fingerprint density at radius 3 is 2.38 bits per heavy atom. The van der Waals surface area contributed by atoms with Crippen LogP contribution in [0.2, 0.25) is 0 Å². The van der Waals surface area contributed by atoms with E-state index in [1.165, 1.54) is 13.0 Å². The van der Waals surface area contributed by atoms with Crippen LogP contribution in [0.3, 0.4) is 0 Å². The number of allylic oxidation sites excluding steroid dienone is 1. The quantitative estimate of drug-likeness (QED) is 0.610. The van der Waals surface area contributed by atoms with Gasteiger partial charge in [0.2, 0.25) is 0 Å². The summed E-state index contributed by atoms with van der Waals surface area (Å²) < 4.78 is 36.9. The van der Waals surface area contributed by atoms with E-state index in [2.05, 4.69) is 0 Å². The summed E-state index contributed by atoms with van der Waals surface area (Å²) in [7, 11) is 0. The van der Waals surface area contributed by atoms with Gasteiger partial charge in [0.25, 0.3) is 0 Å². The SMILES string of the molecule is CC1(N)C=C(C(F)(F)F)C(N)=CC1. The lowest BCUT2D eigenvalue weighted by Gasteiger charge is -2.26. The van der Waals surface area contributed by atoms with Gasteiger partial charge >= 0.3 is 6.18 Å². The average molecular weight is 192 g/mol. The highest BCUT2D eigenvalue weighted by molar-refractivity contribution is 5.39. The molecule has 0 spiro atoms. The zero-order chi connectivity index (χ0) is 10.3. The van der Waals surface area contributed by atoms with Crippen molar-refractivity contribution in [2.24, 2.45) is 11.5 Å². The summed E-state index contributed by atoms with van der Waals surface area (Å²) in [6, 6.07) is 0. The van der Waals surface area contributed by atoms with Gasteiger partial charge in [0, 0.05) is 11.2 Å². The predicted molar refractivity (Wildman–Crippen MR) is 43.6 cm³/mol. The van der Waals surface area contributed by atoms with Gasteiger partial charge < -0.3 is 11.5 Å². The van der Waals surface area contributed by atoms with Gasteiger partial charge in [-0.15, -0.1) is 0 Å². The van der Waals surface area contributed by atoms with E-state index in [-0.39, 0.29) is 5.70 Å². The van der Waals surface area contributed by atoms with Crippen LogP contribution in [-0.4, -0.2) is 11.7 Å². The van der Waals surface area contributed by atoms with Gasteiger partial charge in [-0.2, -0.15) is 13.2 Å². The standard InChI is InChI=1S/C8H11F3N2/c1-7(13)3-2-6(12)5(4-7)8(9,10)11/h2,4H,3,12-13H2,1H3. The fourth-order valence-corrected chi connectivity index (χ4v) is 1.16. The third-order valence-corrected chi connectivity index (χ3v) is 1.85. The van der Waals surface area contributed by atoms with Crippen molar-refractivity contribution in [2.75, 3.05) is 0 Å². The summed E-state index contributed by atoms with van der Waals surface area (Å²) in [5, 5.41) is 0. The Labute approximate surface area is 74.1 Å². The molecule has 1 unspecified atom stereocenters. The molecule has 0 aromatic rings. The molecule has 1 aliphatic rings. The van der Waals surface area contributed by atoms with Crippen molar-refractivity contribution in [1.29, 1.82) is 0 Å². The number of alkyl halides is 3. The fraction of sp³-hybridized carbons (Fsp3) is 0.500. The number of hydrogen-bond donors (Lipinski definition) is 2. The number of nitrogens with two attached hydrogens (primary N) is 2. The maximum Gasteiger partial charge on any atom is 0.418 e. The van der Waals surface area contributed by atoms with E-state index in [4.69, 9.17) is 11.5 Å². The van der Waals surface area contributed by atoms with E-state index in [0.29, 0.717) is 6.42 Å². The molecule has 74 valence electrons. The Hall–Kier alpha value is -0.970. The molecule has 0 aromatic carbocycles. The predicted octanol–water partition coefficient (Wildman–Crippen LogP) is 1.44. The van der Waals surface area contributed by atoms with Crippen molar-refractivity contribution in [3.8, 4) is 0 Å². The number of hydrogen-bond acceptors (Lipinski definition) is 2. The Bertz CT molecular complexity index is 274. The summed E-state index contributed by atoms with van der Waals surface area (Å²) in [5.41, 5.74) is 8.73. The molecule has 0 bridgehead atoms. The van der Waals surface area contributed by atoms with Crippen LogP contribution in [0.4, 0.5) is 13.2 Å². The molecule has 0 saturated heterocycles. The minimum atomic E-state index is -4.42. The molecule has 13 heavy (non-hydrogen) atoms. The fourth-order valence-electron chi connectivity index (χ4n) is 1.16. The summed E-state index contributed by atoms with van der Waals surface area (Å²) in [6.45, 7) is 1.53. The highest BCUT2D eigenvalue weighted by Crippen LogP contribution is 2.34. The van der Waals surface area contributed by atoms with Crippen LogP contribution in [-0.2, 0) is 0 Å². The smallest absolute Gasteiger partial charge is 0.399 e. The summed E-state index contributed by atoms with van der Waals surface area (Å²) in [4.78, 5) is 0. The first-order chi connectivity index (χ1) is 5.72. The molecule has 1 aliphatic carbocycles. The van der Waals surface area contributed by atoms with Gasteiger partial charge in [-0.3, -0.25) is 0 Å². The number of rotatable bonds is 0. The third-order valence-electron chi connectivity index (χ3n) is 1.85. The van der Waals surface area contributed by atoms with Crippen LogP contribution >= 0.6 is 0 Å². The van der Waals surface area contributed by atoms with Gasteiger partial charge in [-0.25, -0.2) is 0 Å². The second-order valence-corrected chi connectivity index (χ2v) is 3.43. The van der Waals surface area contributed by atoms with Crippen molar-refractivity contribution in [1.82, 2.24) is 0 Å². The molecule has 1 atom stereocenters. The minimum Gasteiger partial charge on any atom is -0.399 e. The molecule has 0 radical (unpaired) electrons. The molecule has 0 aliphatic heterocycles. The van der Waals surface area contributed by atoms with Crippen LogP contribution in [0, 0.1) is 0 Å². The normalized spacial score (nSPS) is 29.6. The molecule has 0 aromatic heterocycles. The maximum atomic E-state index is 12.3. The highest BCUT2D eigenvalue weighted by atomic mass is 19.4. The van der Waals surface area contributed by atoms with E-state index < -0.39 is 17.3 Å². The van der Waals surface area contributed by atoms with Gasteiger partial charge in [0.1, 0.15) is 0 Å². The molecular weight excluding hydrogens is 181 g/mol. The van der Waals surface area contributed by atoms with E-state index in [9.17, 15) is 13.2 Å². The zero-order valence-corrected chi connectivity index (χ0v) is 7.15. The summed E-state index contributed by atoms with van der Waals surface area (Å²) in [5.74, 6) is 0. The van der Waals surface area contributed by atoms with Gasteiger partial charge in [0.05, 0.1) is 5.57 Å². The van der Waals surface area contributed by atoms with E-state index >= 15 is 0 Å². The largest absolute Gasteiger partial charge is 0.418 e. The summed E-state index contributed by atoms with van der Waals surface area (Å²) in [6.07, 6.45) is -1.80. The van der Waals surface area contributed by atoms with Crippen LogP contribution in [0.5, 0.6) is 0 Å². The Kier molecular flexibility index (Phi) is 2.15. The molecule has 4 N–H and O–H groups in total. The van der Waals surface area contributed by atoms with Crippen molar-refractivity contribution in [2.45, 2.75) is 25.1 Å². The van der Waals surface area contributed by atoms with Crippen LogP contribution in [0.1, 0.15) is 13.3 Å². The zero-order valence-electron chi connectivity index (χ0n) is 7.15. The molecule has 0 heterocycles. The lowest BCUT2D eigenvalue weighted by Crippen LogP contribution is -2.38. The minimum absolute atomic E-state index is 0.240. The Balaban J connectivity index is 3.06. The van der Waals surface area contributed by atoms with E-state index in [1.807, 2.05) is 0 Å². The molecule has 2 nitrogen and oxygen atoms in total. The molecular formula is C8H11F3N2. The third kappa shape index (κ3) is 2.24. The first-order valence-electron chi connectivity index (χ1n) is 3.77. The van der Waals surface area contributed by atoms with Crippen LogP contribution in [0.25, 0.3) is 0 Å². The van der Waals surface area contributed by atoms with Gasteiger partial charge in [0.15, 0.2) is 0 Å². The van der Waals surface area contributed by atoms with Gasteiger partial charge in [-0.05, 0) is 13.3 Å². The second kappa shape index (κ2) is 2.77. The Morgan fingerprint density at radius 1 is 1.46 bits per heavy atom. The number of halogens is 3. The van der Waals surface area contributed by atoms with E-state index in [0.717, 1.165) is 6.08 Å². The molecule has 5 heteroatoms. The molecule has 0 fully saturated rings.